The Morgan fingerprint density at radius 2 is 1.96 bits per heavy atom. The van der Waals surface area contributed by atoms with E-state index in [0.29, 0.717) is 16.5 Å². The first kappa shape index (κ1) is 18.4. The van der Waals surface area contributed by atoms with Gasteiger partial charge in [0.2, 0.25) is 0 Å². The Hall–Kier alpha value is -3.00. The largest absolute Gasteiger partial charge is 0.328 e. The van der Waals surface area contributed by atoms with Crippen LogP contribution < -0.4 is 5.32 Å². The van der Waals surface area contributed by atoms with Crippen molar-refractivity contribution in [2.24, 2.45) is 0 Å². The van der Waals surface area contributed by atoms with Crippen LogP contribution in [-0.2, 0) is 4.79 Å². The Kier molecular flexibility index (Phi) is 4.95. The van der Waals surface area contributed by atoms with Crippen molar-refractivity contribution in [2.75, 3.05) is 0 Å². The van der Waals surface area contributed by atoms with E-state index in [-0.39, 0.29) is 17.6 Å². The Bertz CT molecular complexity index is 975. The molecule has 0 atom stereocenters. The summed E-state index contributed by atoms with van der Waals surface area (Å²) in [5.74, 6) is -0.108. The molecule has 2 fully saturated rings. The van der Waals surface area contributed by atoms with Gasteiger partial charge in [-0.3, -0.25) is 19.8 Å². The molecule has 28 heavy (non-hydrogen) atoms. The van der Waals surface area contributed by atoms with E-state index < -0.39 is 4.92 Å². The molecule has 1 amide bonds. The van der Waals surface area contributed by atoms with Gasteiger partial charge in [0.05, 0.1) is 10.6 Å². The van der Waals surface area contributed by atoms with E-state index in [1.807, 2.05) is 18.3 Å². The molecule has 1 saturated heterocycles. The van der Waals surface area contributed by atoms with Gasteiger partial charge in [-0.1, -0.05) is 25.3 Å². The number of benzene rings is 1. The molecule has 2 aliphatic rings. The number of amides is 1. The summed E-state index contributed by atoms with van der Waals surface area (Å²) in [5.41, 5.74) is 1.85. The standard InChI is InChI=1S/C20H20N4O3S/c25-19-18(21-20(28)23(19)14-6-2-1-3-7-14)13-16-10-5-11-22(16)15-8-4-9-17(12-15)24(26)27/h4-5,8-14H,1-3,6-7H2,(H,21,28)/b18-13+. The smallest absolute Gasteiger partial charge is 0.276 e. The molecule has 0 unspecified atom stereocenters. The number of thiocarbonyl (C=S) groups is 1. The Morgan fingerprint density at radius 1 is 1.18 bits per heavy atom. The fourth-order valence-corrected chi connectivity index (χ4v) is 4.21. The quantitative estimate of drug-likeness (QED) is 0.368. The van der Waals surface area contributed by atoms with Gasteiger partial charge < -0.3 is 9.88 Å². The fourth-order valence-electron chi connectivity index (χ4n) is 3.87. The minimum absolute atomic E-state index is 0.0181. The van der Waals surface area contributed by atoms with Crippen LogP contribution in [0.1, 0.15) is 37.8 Å². The van der Waals surface area contributed by atoms with Crippen LogP contribution in [0.15, 0.2) is 48.3 Å². The maximum absolute atomic E-state index is 12.9. The van der Waals surface area contributed by atoms with Crippen LogP contribution in [0.5, 0.6) is 0 Å². The summed E-state index contributed by atoms with van der Waals surface area (Å²) in [6, 6.07) is 10.2. The summed E-state index contributed by atoms with van der Waals surface area (Å²) in [7, 11) is 0. The maximum atomic E-state index is 12.9. The molecule has 0 radical (unpaired) electrons. The molecule has 7 nitrogen and oxygen atoms in total. The number of rotatable bonds is 4. The van der Waals surface area contributed by atoms with E-state index >= 15 is 0 Å². The van der Waals surface area contributed by atoms with Crippen LogP contribution in [0.2, 0.25) is 0 Å². The molecule has 1 aromatic heterocycles. The number of aromatic nitrogens is 1. The average Bonchev–Trinajstić information content (AvgIpc) is 3.27. The highest BCUT2D eigenvalue weighted by molar-refractivity contribution is 7.80. The third-order valence-corrected chi connectivity index (χ3v) is 5.54. The number of nitro groups is 1. The number of non-ortho nitro benzene ring substituents is 1. The van der Waals surface area contributed by atoms with Crippen LogP contribution in [0.3, 0.4) is 0 Å². The van der Waals surface area contributed by atoms with Gasteiger partial charge >= 0.3 is 0 Å². The highest BCUT2D eigenvalue weighted by Crippen LogP contribution is 2.27. The van der Waals surface area contributed by atoms with Gasteiger partial charge in [-0.25, -0.2) is 0 Å². The number of carbonyl (C=O) groups is 1. The molecule has 1 N–H and O–H groups in total. The summed E-state index contributed by atoms with van der Waals surface area (Å²) in [5, 5.41) is 14.6. The van der Waals surface area contributed by atoms with Crippen LogP contribution in [0.4, 0.5) is 5.69 Å². The summed E-state index contributed by atoms with van der Waals surface area (Å²) in [6.45, 7) is 0. The van der Waals surface area contributed by atoms with Crippen molar-refractivity contribution >= 4 is 35.0 Å². The van der Waals surface area contributed by atoms with Crippen LogP contribution in [0, 0.1) is 10.1 Å². The lowest BCUT2D eigenvalue weighted by atomic mass is 9.94. The minimum atomic E-state index is -0.423. The van der Waals surface area contributed by atoms with Gasteiger partial charge in [-0.05, 0) is 49.3 Å². The second kappa shape index (κ2) is 7.55. The van der Waals surface area contributed by atoms with Crippen molar-refractivity contribution in [3.8, 4) is 5.69 Å². The number of hydrogen-bond donors (Lipinski definition) is 1. The molecular weight excluding hydrogens is 376 g/mol. The molecule has 4 rings (SSSR count). The lowest BCUT2D eigenvalue weighted by Gasteiger charge is -2.29. The van der Waals surface area contributed by atoms with E-state index in [1.54, 1.807) is 27.7 Å². The van der Waals surface area contributed by atoms with Crippen molar-refractivity contribution in [3.05, 3.63) is 64.1 Å². The zero-order chi connectivity index (χ0) is 19.7. The minimum Gasteiger partial charge on any atom is -0.328 e. The molecule has 1 aromatic carbocycles. The number of hydrogen-bond acceptors (Lipinski definition) is 4. The maximum Gasteiger partial charge on any atom is 0.276 e. The van der Waals surface area contributed by atoms with Crippen molar-refractivity contribution < 1.29 is 9.72 Å². The van der Waals surface area contributed by atoms with E-state index in [4.69, 9.17) is 12.2 Å². The Morgan fingerprint density at radius 3 is 2.71 bits per heavy atom. The lowest BCUT2D eigenvalue weighted by Crippen LogP contribution is -2.41. The zero-order valence-corrected chi connectivity index (χ0v) is 16.0. The van der Waals surface area contributed by atoms with Gasteiger partial charge in [0.1, 0.15) is 5.70 Å². The highest BCUT2D eigenvalue weighted by Gasteiger charge is 2.36. The van der Waals surface area contributed by atoms with E-state index in [1.165, 1.54) is 18.6 Å². The molecule has 1 aliphatic heterocycles. The molecule has 8 heteroatoms. The molecule has 0 bridgehead atoms. The third-order valence-electron chi connectivity index (χ3n) is 5.24. The Labute approximate surface area is 167 Å². The van der Waals surface area contributed by atoms with Crippen molar-refractivity contribution in [2.45, 2.75) is 38.1 Å². The molecule has 144 valence electrons. The van der Waals surface area contributed by atoms with Gasteiger partial charge in [-0.15, -0.1) is 0 Å². The second-order valence-corrected chi connectivity index (χ2v) is 7.42. The van der Waals surface area contributed by atoms with Crippen LogP contribution in [-0.4, -0.2) is 31.5 Å². The van der Waals surface area contributed by atoms with Crippen molar-refractivity contribution in [3.63, 3.8) is 0 Å². The average molecular weight is 396 g/mol. The monoisotopic (exact) mass is 396 g/mol. The molecule has 2 aromatic rings. The highest BCUT2D eigenvalue weighted by atomic mass is 32.1. The first-order chi connectivity index (χ1) is 13.5. The van der Waals surface area contributed by atoms with Crippen molar-refractivity contribution in [1.82, 2.24) is 14.8 Å². The number of nitrogens with zero attached hydrogens (tertiary/aromatic N) is 3. The lowest BCUT2D eigenvalue weighted by molar-refractivity contribution is -0.384. The molecule has 0 spiro atoms. The van der Waals surface area contributed by atoms with Gasteiger partial charge in [-0.2, -0.15) is 0 Å². The van der Waals surface area contributed by atoms with E-state index in [9.17, 15) is 14.9 Å². The summed E-state index contributed by atoms with van der Waals surface area (Å²) < 4.78 is 1.81. The SMILES string of the molecule is O=C1/C(=C\c2cccn2-c2cccc([N+](=O)[O-])c2)NC(=S)N1C1CCCCC1. The van der Waals surface area contributed by atoms with Crippen LogP contribution >= 0.6 is 12.2 Å². The van der Waals surface area contributed by atoms with Gasteiger partial charge in [0.25, 0.3) is 11.6 Å². The second-order valence-electron chi connectivity index (χ2n) is 7.04. The summed E-state index contributed by atoms with van der Waals surface area (Å²) in [4.78, 5) is 25.3. The van der Waals surface area contributed by atoms with Gasteiger partial charge in [0.15, 0.2) is 5.11 Å². The summed E-state index contributed by atoms with van der Waals surface area (Å²) >= 11 is 5.41. The topological polar surface area (TPSA) is 80.4 Å². The predicted molar refractivity (Wildman–Crippen MR) is 110 cm³/mol. The first-order valence-corrected chi connectivity index (χ1v) is 9.74. The third kappa shape index (κ3) is 3.43. The van der Waals surface area contributed by atoms with Crippen molar-refractivity contribution in [1.29, 1.82) is 0 Å². The first-order valence-electron chi connectivity index (χ1n) is 9.33. The zero-order valence-electron chi connectivity index (χ0n) is 15.2. The normalized spacial score (nSPS) is 19.3. The van der Waals surface area contributed by atoms with E-state index in [2.05, 4.69) is 5.32 Å². The van der Waals surface area contributed by atoms with Gasteiger partial charge in [0, 0.05) is 30.1 Å². The number of carbonyl (C=O) groups excluding carboxylic acids is 1. The number of nitro benzene ring substituents is 1. The van der Waals surface area contributed by atoms with Crippen LogP contribution in [0.25, 0.3) is 11.8 Å². The molecule has 2 heterocycles. The number of nitrogens with one attached hydrogen (secondary N) is 1. The fraction of sp³-hybridized carbons (Fsp3) is 0.300. The Balaban J connectivity index is 1.63. The molecule has 1 aliphatic carbocycles. The van der Waals surface area contributed by atoms with E-state index in [0.717, 1.165) is 31.4 Å². The summed E-state index contributed by atoms with van der Waals surface area (Å²) in [6.07, 6.45) is 8.95. The molecule has 1 saturated carbocycles. The molecular formula is C20H20N4O3S. The predicted octanol–water partition coefficient (Wildman–Crippen LogP) is 3.78.